The van der Waals surface area contributed by atoms with Crippen molar-refractivity contribution < 1.29 is 9.59 Å². The molecule has 1 rings (SSSR count). The van der Waals surface area contributed by atoms with E-state index in [0.717, 1.165) is 24.8 Å². The zero-order chi connectivity index (χ0) is 14.5. The maximum Gasteiger partial charge on any atom is 0.244 e. The van der Waals surface area contributed by atoms with Gasteiger partial charge in [0.1, 0.15) is 0 Å². The maximum absolute atomic E-state index is 12.4. The normalized spacial score (nSPS) is 22.5. The maximum atomic E-state index is 12.4. The van der Waals surface area contributed by atoms with E-state index in [1.807, 2.05) is 26.8 Å². The molecule has 1 aliphatic carbocycles. The fraction of sp³-hybridized carbons (Fsp3) is 0.600. The molecule has 0 spiro atoms. The minimum atomic E-state index is -0.618. The quantitative estimate of drug-likeness (QED) is 0.770. The predicted molar refractivity (Wildman–Crippen MR) is 76.3 cm³/mol. The molecule has 0 saturated carbocycles. The van der Waals surface area contributed by atoms with Crippen LogP contribution in [0, 0.1) is 5.41 Å². The number of primary amides is 1. The zero-order valence-electron chi connectivity index (χ0n) is 12.1. The number of carbonyl (C=O) groups is 2. The zero-order valence-corrected chi connectivity index (χ0v) is 12.1. The Morgan fingerprint density at radius 3 is 2.58 bits per heavy atom. The average molecular weight is 264 g/mol. The van der Waals surface area contributed by atoms with E-state index in [9.17, 15) is 9.59 Å². The van der Waals surface area contributed by atoms with Crippen LogP contribution in [-0.2, 0) is 9.59 Å². The second kappa shape index (κ2) is 6.55. The van der Waals surface area contributed by atoms with Gasteiger partial charge >= 0.3 is 0 Å². The molecular weight excluding hydrogens is 240 g/mol. The third-order valence-electron chi connectivity index (χ3n) is 3.41. The van der Waals surface area contributed by atoms with Gasteiger partial charge in [-0.1, -0.05) is 38.0 Å². The Labute approximate surface area is 115 Å². The minimum absolute atomic E-state index is 0.00222. The molecule has 19 heavy (non-hydrogen) atoms. The van der Waals surface area contributed by atoms with E-state index >= 15 is 0 Å². The highest BCUT2D eigenvalue weighted by Crippen LogP contribution is 2.38. The van der Waals surface area contributed by atoms with Crippen LogP contribution in [0.4, 0.5) is 0 Å². The van der Waals surface area contributed by atoms with Gasteiger partial charge in [-0.25, -0.2) is 0 Å². The summed E-state index contributed by atoms with van der Waals surface area (Å²) in [4.78, 5) is 23.9. The van der Waals surface area contributed by atoms with Crippen LogP contribution < -0.4 is 11.1 Å². The lowest BCUT2D eigenvalue weighted by Gasteiger charge is -2.33. The van der Waals surface area contributed by atoms with Gasteiger partial charge in [-0.3, -0.25) is 9.59 Å². The van der Waals surface area contributed by atoms with E-state index in [-0.39, 0.29) is 5.91 Å². The largest absolute Gasteiger partial charge is 0.366 e. The Morgan fingerprint density at radius 2 is 2.05 bits per heavy atom. The monoisotopic (exact) mass is 264 g/mol. The van der Waals surface area contributed by atoms with Crippen molar-refractivity contribution in [1.82, 2.24) is 5.32 Å². The van der Waals surface area contributed by atoms with Crippen LogP contribution in [0.15, 0.2) is 23.3 Å². The molecule has 0 radical (unpaired) electrons. The molecule has 0 saturated heterocycles. The molecule has 2 amide bonds. The number of rotatable bonds is 6. The summed E-state index contributed by atoms with van der Waals surface area (Å²) < 4.78 is 0. The molecule has 3 N–H and O–H groups in total. The number of nitrogens with one attached hydrogen (secondary N) is 1. The lowest BCUT2D eigenvalue weighted by molar-refractivity contribution is -0.129. The highest BCUT2D eigenvalue weighted by atomic mass is 16.2. The summed E-state index contributed by atoms with van der Waals surface area (Å²) in [6.07, 6.45) is 6.68. The Morgan fingerprint density at radius 1 is 1.37 bits per heavy atom. The van der Waals surface area contributed by atoms with Crippen LogP contribution in [0.1, 0.15) is 46.5 Å². The number of allylic oxidation sites excluding steroid dienone is 2. The van der Waals surface area contributed by atoms with Gasteiger partial charge in [0.2, 0.25) is 11.8 Å². The van der Waals surface area contributed by atoms with E-state index < -0.39 is 11.3 Å². The molecule has 0 fully saturated rings. The molecular formula is C15H24N2O2. The number of hydrogen-bond donors (Lipinski definition) is 2. The van der Waals surface area contributed by atoms with Gasteiger partial charge in [-0.15, -0.1) is 0 Å². The fourth-order valence-electron chi connectivity index (χ4n) is 2.63. The summed E-state index contributed by atoms with van der Waals surface area (Å²) in [6, 6.07) is 0. The van der Waals surface area contributed by atoms with Crippen molar-refractivity contribution >= 4 is 11.8 Å². The number of amides is 2. The molecule has 4 nitrogen and oxygen atoms in total. The van der Waals surface area contributed by atoms with Gasteiger partial charge < -0.3 is 11.1 Å². The molecule has 1 aliphatic rings. The van der Waals surface area contributed by atoms with E-state index in [1.165, 1.54) is 0 Å². The van der Waals surface area contributed by atoms with Gasteiger partial charge in [-0.05, 0) is 26.2 Å². The molecule has 0 bridgehead atoms. The molecule has 106 valence electrons. The van der Waals surface area contributed by atoms with Crippen LogP contribution in [0.5, 0.6) is 0 Å². The first-order valence-electron chi connectivity index (χ1n) is 6.93. The molecule has 4 heteroatoms. The highest BCUT2D eigenvalue weighted by Gasteiger charge is 2.38. The van der Waals surface area contributed by atoms with E-state index in [1.54, 1.807) is 6.08 Å². The van der Waals surface area contributed by atoms with E-state index in [4.69, 9.17) is 5.73 Å². The smallest absolute Gasteiger partial charge is 0.244 e. The van der Waals surface area contributed by atoms with Crippen molar-refractivity contribution in [2.75, 3.05) is 6.54 Å². The average Bonchev–Trinajstić information content (AvgIpc) is 2.35. The lowest BCUT2D eigenvalue weighted by Crippen LogP contribution is -2.42. The minimum Gasteiger partial charge on any atom is -0.366 e. The molecule has 0 heterocycles. The van der Waals surface area contributed by atoms with Crippen LogP contribution in [0.2, 0.25) is 0 Å². The second-order valence-corrected chi connectivity index (χ2v) is 5.26. The van der Waals surface area contributed by atoms with E-state index in [2.05, 4.69) is 5.32 Å². The van der Waals surface area contributed by atoms with E-state index in [0.29, 0.717) is 18.5 Å². The van der Waals surface area contributed by atoms with Crippen molar-refractivity contribution in [1.29, 1.82) is 0 Å². The highest BCUT2D eigenvalue weighted by molar-refractivity contribution is 5.95. The predicted octanol–water partition coefficient (Wildman–Crippen LogP) is 2.06. The fourth-order valence-corrected chi connectivity index (χ4v) is 2.63. The van der Waals surface area contributed by atoms with Crippen molar-refractivity contribution in [2.45, 2.75) is 46.5 Å². The number of carbonyl (C=O) groups excluding carboxylic acids is 2. The Hall–Kier alpha value is -1.58. The van der Waals surface area contributed by atoms with Gasteiger partial charge in [0.05, 0.1) is 5.41 Å². The van der Waals surface area contributed by atoms with Crippen LogP contribution in [0.25, 0.3) is 0 Å². The van der Waals surface area contributed by atoms with Gasteiger partial charge in [-0.2, -0.15) is 0 Å². The van der Waals surface area contributed by atoms with Gasteiger partial charge in [0, 0.05) is 12.1 Å². The first-order chi connectivity index (χ1) is 8.95. The van der Waals surface area contributed by atoms with Crippen LogP contribution >= 0.6 is 0 Å². The summed E-state index contributed by atoms with van der Waals surface area (Å²) >= 11 is 0. The van der Waals surface area contributed by atoms with Crippen molar-refractivity contribution in [3.8, 4) is 0 Å². The molecule has 1 atom stereocenters. The SMILES string of the molecule is CCCNC(=O)C1(CCC)C=C(C)C=C(C(N)=O)C1. The summed E-state index contributed by atoms with van der Waals surface area (Å²) in [5.74, 6) is -0.432. The van der Waals surface area contributed by atoms with Crippen molar-refractivity contribution in [3.63, 3.8) is 0 Å². The molecule has 0 aromatic heterocycles. The van der Waals surface area contributed by atoms with Gasteiger partial charge in [0.25, 0.3) is 0 Å². The second-order valence-electron chi connectivity index (χ2n) is 5.26. The topological polar surface area (TPSA) is 72.2 Å². The number of hydrogen-bond acceptors (Lipinski definition) is 2. The summed E-state index contributed by atoms with van der Waals surface area (Å²) in [5, 5.41) is 2.94. The number of nitrogens with two attached hydrogens (primary N) is 1. The Balaban J connectivity index is 3.04. The van der Waals surface area contributed by atoms with Crippen molar-refractivity contribution in [3.05, 3.63) is 23.3 Å². The Kier molecular flexibility index (Phi) is 5.33. The first kappa shape index (κ1) is 15.5. The van der Waals surface area contributed by atoms with Crippen LogP contribution in [0.3, 0.4) is 0 Å². The van der Waals surface area contributed by atoms with Crippen LogP contribution in [-0.4, -0.2) is 18.4 Å². The Bertz CT molecular complexity index is 424. The third kappa shape index (κ3) is 3.69. The molecule has 1 unspecified atom stereocenters. The first-order valence-corrected chi connectivity index (χ1v) is 6.93. The summed E-state index contributed by atoms with van der Waals surface area (Å²) in [5.41, 5.74) is 6.24. The van der Waals surface area contributed by atoms with Crippen molar-refractivity contribution in [2.24, 2.45) is 11.1 Å². The standard InChI is InChI=1S/C15H24N2O2/c1-4-6-15(14(19)17-7-5-2)9-11(3)8-12(10-15)13(16)18/h8-9H,4-7,10H2,1-3H3,(H2,16,18)(H,17,19). The molecule has 0 aromatic carbocycles. The summed E-state index contributed by atoms with van der Waals surface area (Å²) in [7, 11) is 0. The van der Waals surface area contributed by atoms with Gasteiger partial charge in [0.15, 0.2) is 0 Å². The summed E-state index contributed by atoms with van der Waals surface area (Å²) in [6.45, 7) is 6.62. The third-order valence-corrected chi connectivity index (χ3v) is 3.41. The lowest BCUT2D eigenvalue weighted by atomic mass is 9.72. The molecule has 0 aliphatic heterocycles. The molecule has 0 aromatic rings.